The van der Waals surface area contributed by atoms with E-state index < -0.39 is 0 Å². The maximum Gasteiger partial charge on any atom is 0.222 e. The molecule has 0 radical (unpaired) electrons. The molecule has 6 heteroatoms. The van der Waals surface area contributed by atoms with E-state index in [9.17, 15) is 4.79 Å². The highest BCUT2D eigenvalue weighted by atomic mass is 16.5. The lowest BCUT2D eigenvalue weighted by molar-refractivity contribution is -0.123. The predicted molar refractivity (Wildman–Crippen MR) is 125 cm³/mol. The minimum atomic E-state index is -0.259. The summed E-state index contributed by atoms with van der Waals surface area (Å²) in [5.74, 6) is 1.76. The van der Waals surface area contributed by atoms with Crippen LogP contribution >= 0.6 is 0 Å². The first-order valence-corrected chi connectivity index (χ1v) is 10.9. The Kier molecular flexibility index (Phi) is 7.44. The molecule has 0 saturated carbocycles. The van der Waals surface area contributed by atoms with Gasteiger partial charge in [0.2, 0.25) is 5.91 Å². The lowest BCUT2D eigenvalue weighted by Crippen LogP contribution is -2.49. The number of amides is 1. The van der Waals surface area contributed by atoms with E-state index in [1.165, 1.54) is 0 Å². The van der Waals surface area contributed by atoms with Gasteiger partial charge in [0.15, 0.2) is 0 Å². The number of methoxy groups -OCH3 is 2. The summed E-state index contributed by atoms with van der Waals surface area (Å²) in [7, 11) is 3.39. The van der Waals surface area contributed by atoms with Gasteiger partial charge in [0.25, 0.3) is 0 Å². The number of carbonyl (C=O) groups excluding carboxylic acids is 1. The number of rotatable bonds is 7. The average molecular weight is 426 g/mol. The van der Waals surface area contributed by atoms with Gasteiger partial charge in [0.05, 0.1) is 19.9 Å². The minimum absolute atomic E-state index is 0.0432. The monoisotopic (exact) mass is 425 g/mol. The zero-order valence-corrected chi connectivity index (χ0v) is 19.4. The van der Waals surface area contributed by atoms with Gasteiger partial charge in [0, 0.05) is 49.7 Å². The van der Waals surface area contributed by atoms with E-state index in [2.05, 4.69) is 27.2 Å². The molecule has 1 aliphatic heterocycles. The Labute approximate surface area is 186 Å². The van der Waals surface area contributed by atoms with Crippen molar-refractivity contribution in [1.82, 2.24) is 10.2 Å². The van der Waals surface area contributed by atoms with Crippen molar-refractivity contribution in [2.45, 2.75) is 38.8 Å². The van der Waals surface area contributed by atoms with Crippen LogP contribution in [0, 0.1) is 0 Å². The van der Waals surface area contributed by atoms with Crippen molar-refractivity contribution in [2.24, 2.45) is 0 Å². The highest BCUT2D eigenvalue weighted by Crippen LogP contribution is 2.34. The van der Waals surface area contributed by atoms with Crippen molar-refractivity contribution in [3.8, 4) is 11.5 Å². The Morgan fingerprint density at radius 1 is 0.935 bits per heavy atom. The third-order valence-electron chi connectivity index (χ3n) is 5.57. The zero-order valence-electron chi connectivity index (χ0n) is 19.4. The number of nitrogens with zero attached hydrogens (tertiary/aromatic N) is 2. The van der Waals surface area contributed by atoms with Crippen molar-refractivity contribution in [3.05, 3.63) is 54.1 Å². The Bertz CT molecular complexity index is 870. The molecule has 1 N–H and O–H groups in total. The third-order valence-corrected chi connectivity index (χ3v) is 5.57. The SMILES string of the molecule is COc1ccccc1C(CC(=O)NC(C)(C)C)N1CCN(c2ccccc2OC)CC1. The van der Waals surface area contributed by atoms with E-state index in [1.807, 2.05) is 57.2 Å². The van der Waals surface area contributed by atoms with Crippen LogP contribution < -0.4 is 19.7 Å². The van der Waals surface area contributed by atoms with E-state index in [-0.39, 0.29) is 17.5 Å². The van der Waals surface area contributed by atoms with Crippen LogP contribution in [-0.4, -0.2) is 56.7 Å². The second kappa shape index (κ2) is 10.1. The molecule has 1 heterocycles. The smallest absolute Gasteiger partial charge is 0.222 e. The highest BCUT2D eigenvalue weighted by molar-refractivity contribution is 5.77. The van der Waals surface area contributed by atoms with Crippen LogP contribution in [-0.2, 0) is 4.79 Å². The molecule has 168 valence electrons. The van der Waals surface area contributed by atoms with Gasteiger partial charge in [0.1, 0.15) is 11.5 Å². The van der Waals surface area contributed by atoms with Crippen LogP contribution in [0.25, 0.3) is 0 Å². The van der Waals surface area contributed by atoms with Crippen molar-refractivity contribution in [2.75, 3.05) is 45.3 Å². The van der Waals surface area contributed by atoms with Crippen LogP contribution in [0.2, 0.25) is 0 Å². The standard InChI is InChI=1S/C25H35N3O3/c1-25(2,3)26-24(29)18-21(19-10-6-8-12-22(19)30-4)28-16-14-27(15-17-28)20-11-7-9-13-23(20)31-5/h6-13,21H,14-18H2,1-5H3,(H,26,29). The fourth-order valence-electron chi connectivity index (χ4n) is 4.19. The van der Waals surface area contributed by atoms with Crippen LogP contribution in [0.15, 0.2) is 48.5 Å². The molecule has 0 bridgehead atoms. The molecule has 3 rings (SSSR count). The molecule has 0 aliphatic carbocycles. The Balaban J connectivity index is 1.79. The van der Waals surface area contributed by atoms with Crippen LogP contribution in [0.4, 0.5) is 5.69 Å². The van der Waals surface area contributed by atoms with Gasteiger partial charge in [-0.25, -0.2) is 0 Å². The molecule has 0 spiro atoms. The molecule has 31 heavy (non-hydrogen) atoms. The summed E-state index contributed by atoms with van der Waals surface area (Å²) in [6, 6.07) is 16.1. The largest absolute Gasteiger partial charge is 0.496 e. The number of anilines is 1. The number of benzene rings is 2. The maximum atomic E-state index is 12.8. The molecule has 1 amide bonds. The van der Waals surface area contributed by atoms with E-state index in [0.717, 1.165) is 48.9 Å². The summed E-state index contributed by atoms with van der Waals surface area (Å²) in [6.45, 7) is 9.46. The molecular formula is C25H35N3O3. The second-order valence-corrected chi connectivity index (χ2v) is 8.95. The van der Waals surface area contributed by atoms with Crippen LogP contribution in [0.1, 0.15) is 38.8 Å². The van der Waals surface area contributed by atoms with Gasteiger partial charge < -0.3 is 19.7 Å². The molecule has 1 saturated heterocycles. The zero-order chi connectivity index (χ0) is 22.4. The summed E-state index contributed by atoms with van der Waals surface area (Å²) >= 11 is 0. The van der Waals surface area contributed by atoms with Crippen molar-refractivity contribution >= 4 is 11.6 Å². The van der Waals surface area contributed by atoms with Crippen molar-refractivity contribution in [3.63, 3.8) is 0 Å². The number of para-hydroxylation sites is 3. The number of carbonyl (C=O) groups is 1. The molecule has 1 atom stereocenters. The topological polar surface area (TPSA) is 54.0 Å². The first-order valence-electron chi connectivity index (χ1n) is 10.9. The normalized spacial score (nSPS) is 16.0. The average Bonchev–Trinajstić information content (AvgIpc) is 2.76. The summed E-state index contributed by atoms with van der Waals surface area (Å²) in [6.07, 6.45) is 0.395. The van der Waals surface area contributed by atoms with Gasteiger partial charge in [-0.1, -0.05) is 30.3 Å². The number of ether oxygens (including phenoxy) is 2. The predicted octanol–water partition coefficient (Wildman–Crippen LogP) is 3.87. The number of hydrogen-bond donors (Lipinski definition) is 1. The summed E-state index contributed by atoms with van der Waals surface area (Å²) < 4.78 is 11.2. The van der Waals surface area contributed by atoms with E-state index in [4.69, 9.17) is 9.47 Å². The lowest BCUT2D eigenvalue weighted by atomic mass is 9.98. The van der Waals surface area contributed by atoms with E-state index in [1.54, 1.807) is 14.2 Å². The fourth-order valence-corrected chi connectivity index (χ4v) is 4.19. The van der Waals surface area contributed by atoms with E-state index in [0.29, 0.717) is 6.42 Å². The van der Waals surface area contributed by atoms with Gasteiger partial charge in [-0.15, -0.1) is 0 Å². The number of nitrogens with one attached hydrogen (secondary N) is 1. The molecule has 0 aromatic heterocycles. The van der Waals surface area contributed by atoms with Gasteiger partial charge in [-0.3, -0.25) is 9.69 Å². The van der Waals surface area contributed by atoms with Gasteiger partial charge >= 0.3 is 0 Å². The fraction of sp³-hybridized carbons (Fsp3) is 0.480. The van der Waals surface area contributed by atoms with E-state index >= 15 is 0 Å². The molecule has 1 unspecified atom stereocenters. The lowest BCUT2D eigenvalue weighted by Gasteiger charge is -2.41. The summed E-state index contributed by atoms with van der Waals surface area (Å²) in [4.78, 5) is 17.6. The molecule has 2 aromatic carbocycles. The van der Waals surface area contributed by atoms with Gasteiger partial charge in [-0.2, -0.15) is 0 Å². The molecular weight excluding hydrogens is 390 g/mol. The minimum Gasteiger partial charge on any atom is -0.496 e. The summed E-state index contributed by atoms with van der Waals surface area (Å²) in [5, 5.41) is 3.11. The Morgan fingerprint density at radius 3 is 2.13 bits per heavy atom. The number of piperazine rings is 1. The second-order valence-electron chi connectivity index (χ2n) is 8.95. The van der Waals surface area contributed by atoms with Crippen LogP contribution in [0.3, 0.4) is 0 Å². The Hall–Kier alpha value is -2.73. The quantitative estimate of drug-likeness (QED) is 0.730. The van der Waals surface area contributed by atoms with Crippen LogP contribution in [0.5, 0.6) is 11.5 Å². The molecule has 1 aliphatic rings. The van der Waals surface area contributed by atoms with Crippen molar-refractivity contribution < 1.29 is 14.3 Å². The molecule has 1 fully saturated rings. The third kappa shape index (κ3) is 5.91. The van der Waals surface area contributed by atoms with Gasteiger partial charge in [-0.05, 0) is 39.0 Å². The molecule has 2 aromatic rings. The number of hydrogen-bond acceptors (Lipinski definition) is 5. The maximum absolute atomic E-state index is 12.8. The summed E-state index contributed by atoms with van der Waals surface area (Å²) in [5.41, 5.74) is 1.91. The highest BCUT2D eigenvalue weighted by Gasteiger charge is 2.30. The van der Waals surface area contributed by atoms with Crippen molar-refractivity contribution in [1.29, 1.82) is 0 Å². The first-order chi connectivity index (χ1) is 14.8. The molecule has 6 nitrogen and oxygen atoms in total. The Morgan fingerprint density at radius 2 is 1.52 bits per heavy atom. The first kappa shape index (κ1) is 22.9.